The minimum absolute atomic E-state index is 0. The van der Waals surface area contributed by atoms with Crippen molar-refractivity contribution in [2.45, 2.75) is 103 Å². The third-order valence-corrected chi connectivity index (χ3v) is 3.89. The summed E-state index contributed by atoms with van der Waals surface area (Å²) in [5, 5.41) is 0. The first-order valence-corrected chi connectivity index (χ1v) is 8.86. The Labute approximate surface area is 151 Å². The maximum Gasteiger partial charge on any atom is 1.00 e. The van der Waals surface area contributed by atoms with E-state index in [0.29, 0.717) is 0 Å². The molecule has 0 amide bonds. The Morgan fingerprint density at radius 1 is 0.600 bits per heavy atom. The minimum Gasteiger partial charge on any atom is -0.245 e. The van der Waals surface area contributed by atoms with Crippen LogP contribution in [0.15, 0.2) is 12.2 Å². The van der Waals surface area contributed by atoms with Gasteiger partial charge in [-0.15, -0.1) is 6.42 Å². The summed E-state index contributed by atoms with van der Waals surface area (Å²) in [5.41, 5.74) is 0. The molecule has 0 fully saturated rings. The Morgan fingerprint density at radius 3 is 1.30 bits per heavy atom. The van der Waals surface area contributed by atoms with Crippen molar-refractivity contribution in [3.05, 3.63) is 19.1 Å². The average Bonchev–Trinajstić information content (AvgIpc) is 2.43. The zero-order valence-corrected chi connectivity index (χ0v) is 16.5. The van der Waals surface area contributed by atoms with Crippen molar-refractivity contribution in [3.63, 3.8) is 0 Å². The van der Waals surface area contributed by atoms with Crippen LogP contribution in [-0.4, -0.2) is 0 Å². The minimum atomic E-state index is 0. The molecule has 0 nitrogen and oxygen atoms in total. The molecule has 0 saturated heterocycles. The number of hydrogen-bond acceptors (Lipinski definition) is 0. The topological polar surface area (TPSA) is 0 Å². The van der Waals surface area contributed by atoms with Gasteiger partial charge in [-0.3, -0.25) is 0 Å². The predicted molar refractivity (Wildman–Crippen MR) is 89.4 cm³/mol. The molecular formula is C19H37Na. The van der Waals surface area contributed by atoms with Crippen LogP contribution in [0.1, 0.15) is 103 Å². The Balaban J connectivity index is 0. The van der Waals surface area contributed by atoms with Crippen LogP contribution in [0.2, 0.25) is 0 Å². The monoisotopic (exact) mass is 288 g/mol. The van der Waals surface area contributed by atoms with E-state index < -0.39 is 0 Å². The zero-order valence-electron chi connectivity index (χ0n) is 14.5. The molecule has 0 saturated carbocycles. The molecule has 0 aromatic carbocycles. The van der Waals surface area contributed by atoms with Crippen molar-refractivity contribution in [2.75, 3.05) is 0 Å². The first-order valence-electron chi connectivity index (χ1n) is 8.86. The average molecular weight is 288 g/mol. The first kappa shape index (κ1) is 22.9. The van der Waals surface area contributed by atoms with Gasteiger partial charge < -0.3 is 0 Å². The van der Waals surface area contributed by atoms with E-state index in [4.69, 9.17) is 0 Å². The Hall–Kier alpha value is 0.610. The molecule has 0 heterocycles. The molecule has 0 unspecified atom stereocenters. The molecule has 0 bridgehead atoms. The van der Waals surface area contributed by atoms with Crippen molar-refractivity contribution < 1.29 is 29.6 Å². The van der Waals surface area contributed by atoms with E-state index in [2.05, 4.69) is 19.9 Å². The molecule has 0 aliphatic carbocycles. The standard InChI is InChI=1S/C19H37.Na/c1-3-5-7-9-11-13-15-17-19-18-16-14-12-10-8-6-4-2;/h3,5H,1,4,6-19H2,2H3;/q-1;+1. The van der Waals surface area contributed by atoms with Crippen molar-refractivity contribution in [1.82, 2.24) is 0 Å². The number of unbranched alkanes of at least 4 members (excludes halogenated alkanes) is 14. The molecule has 0 aromatic rings. The third kappa shape index (κ3) is 20.9. The van der Waals surface area contributed by atoms with Crippen LogP contribution in [0.3, 0.4) is 0 Å². The van der Waals surface area contributed by atoms with Crippen molar-refractivity contribution in [2.24, 2.45) is 0 Å². The van der Waals surface area contributed by atoms with Crippen LogP contribution in [0, 0.1) is 6.92 Å². The van der Waals surface area contributed by atoms with Crippen LogP contribution in [0.25, 0.3) is 0 Å². The summed E-state index contributed by atoms with van der Waals surface area (Å²) >= 11 is 0. The van der Waals surface area contributed by atoms with E-state index in [1.165, 1.54) is 96.3 Å². The summed E-state index contributed by atoms with van der Waals surface area (Å²) in [6.45, 7) is 6.00. The van der Waals surface area contributed by atoms with Crippen LogP contribution < -0.4 is 29.6 Å². The van der Waals surface area contributed by atoms with Gasteiger partial charge in [-0.25, -0.2) is 19.1 Å². The Bertz CT molecular complexity index is 175. The fourth-order valence-corrected chi connectivity index (χ4v) is 2.57. The summed E-state index contributed by atoms with van der Waals surface area (Å²) in [6, 6.07) is 0. The largest absolute Gasteiger partial charge is 1.00 e. The van der Waals surface area contributed by atoms with E-state index in [-0.39, 0.29) is 29.6 Å². The Morgan fingerprint density at radius 2 is 0.950 bits per heavy atom. The van der Waals surface area contributed by atoms with Gasteiger partial charge in [0.2, 0.25) is 0 Å². The molecule has 0 N–H and O–H groups in total. The summed E-state index contributed by atoms with van der Waals surface area (Å²) in [4.78, 5) is 0. The molecule has 1 heteroatoms. The van der Waals surface area contributed by atoms with Gasteiger partial charge in [0.25, 0.3) is 0 Å². The van der Waals surface area contributed by atoms with Crippen LogP contribution >= 0.6 is 0 Å². The second-order valence-electron chi connectivity index (χ2n) is 5.86. The van der Waals surface area contributed by atoms with Crippen molar-refractivity contribution in [3.8, 4) is 0 Å². The van der Waals surface area contributed by atoms with Gasteiger partial charge >= 0.3 is 29.6 Å². The number of rotatable bonds is 15. The van der Waals surface area contributed by atoms with Crippen molar-refractivity contribution >= 4 is 0 Å². The van der Waals surface area contributed by atoms with Gasteiger partial charge in [0.1, 0.15) is 0 Å². The molecule has 20 heavy (non-hydrogen) atoms. The molecule has 0 atom stereocenters. The molecule has 0 spiro atoms. The van der Waals surface area contributed by atoms with Crippen LogP contribution in [0.5, 0.6) is 0 Å². The van der Waals surface area contributed by atoms with Gasteiger partial charge in [-0.2, -0.15) is 0 Å². The fraction of sp³-hybridized carbons (Fsp3) is 0.842. The molecule has 0 aliphatic heterocycles. The third-order valence-electron chi connectivity index (χ3n) is 3.89. The van der Waals surface area contributed by atoms with E-state index in [1.807, 2.05) is 6.08 Å². The number of allylic oxidation sites excluding steroid dienone is 2. The van der Waals surface area contributed by atoms with Crippen LogP contribution in [-0.2, 0) is 0 Å². The van der Waals surface area contributed by atoms with Crippen LogP contribution in [0.4, 0.5) is 0 Å². The fourth-order valence-electron chi connectivity index (χ4n) is 2.57. The molecule has 0 rings (SSSR count). The van der Waals surface area contributed by atoms with Gasteiger partial charge in [0.05, 0.1) is 0 Å². The second-order valence-corrected chi connectivity index (χ2v) is 5.86. The summed E-state index contributed by atoms with van der Waals surface area (Å²) in [5.74, 6) is 0. The molecule has 0 radical (unpaired) electrons. The molecule has 0 aromatic heterocycles. The zero-order chi connectivity index (χ0) is 14.0. The number of hydrogen-bond donors (Lipinski definition) is 0. The predicted octanol–water partition coefficient (Wildman–Crippen LogP) is 4.25. The van der Waals surface area contributed by atoms with E-state index >= 15 is 0 Å². The molecule has 0 aliphatic rings. The van der Waals surface area contributed by atoms with Gasteiger partial charge in [0.15, 0.2) is 0 Å². The summed E-state index contributed by atoms with van der Waals surface area (Å²) < 4.78 is 0. The smallest absolute Gasteiger partial charge is 0.245 e. The van der Waals surface area contributed by atoms with Gasteiger partial charge in [-0.05, 0) is 0 Å². The van der Waals surface area contributed by atoms with Crippen molar-refractivity contribution in [1.29, 1.82) is 0 Å². The van der Waals surface area contributed by atoms with Gasteiger partial charge in [-0.1, -0.05) is 96.8 Å². The summed E-state index contributed by atoms with van der Waals surface area (Å²) in [7, 11) is 0. The first-order chi connectivity index (χ1) is 9.41. The van der Waals surface area contributed by atoms with E-state index in [0.717, 1.165) is 0 Å². The summed E-state index contributed by atoms with van der Waals surface area (Å²) in [6.07, 6.45) is 25.5. The maximum atomic E-state index is 3.71. The SMILES string of the molecule is [CH2-]C=CCCCCCCCCCCCCCCCC.[Na+]. The maximum absolute atomic E-state index is 3.71. The quantitative estimate of drug-likeness (QED) is 0.240. The van der Waals surface area contributed by atoms with E-state index in [1.54, 1.807) is 0 Å². The van der Waals surface area contributed by atoms with Gasteiger partial charge in [0, 0.05) is 0 Å². The van der Waals surface area contributed by atoms with E-state index in [9.17, 15) is 0 Å². The molecule has 114 valence electrons. The molecular weight excluding hydrogens is 251 g/mol. The Kier molecular flexibility index (Phi) is 25.1. The normalized spacial score (nSPS) is 10.8. The second kappa shape index (κ2) is 21.9.